The maximum Gasteiger partial charge on any atom is 0.118 e. The summed E-state index contributed by atoms with van der Waals surface area (Å²) in [4.78, 5) is 0. The molecule has 1 unspecified atom stereocenters. The van der Waals surface area contributed by atoms with Gasteiger partial charge in [0.15, 0.2) is 0 Å². The molecule has 0 bridgehead atoms. The number of hydrogen-bond acceptors (Lipinski definition) is 3. The molecule has 1 fully saturated rings. The number of nitrogens with one attached hydrogen (secondary N) is 1. The molecule has 2 aromatic rings. The predicted octanol–water partition coefficient (Wildman–Crippen LogP) is 5.63. The van der Waals surface area contributed by atoms with E-state index in [0.717, 1.165) is 25.0 Å². The van der Waals surface area contributed by atoms with Gasteiger partial charge in [0, 0.05) is 23.8 Å². The predicted molar refractivity (Wildman–Crippen MR) is 106 cm³/mol. The Morgan fingerprint density at radius 3 is 2.65 bits per heavy atom. The summed E-state index contributed by atoms with van der Waals surface area (Å²) in [6.07, 6.45) is 2.40. The van der Waals surface area contributed by atoms with Crippen LogP contribution in [0, 0.1) is 12.8 Å². The molecule has 0 radical (unpaired) electrons. The smallest absolute Gasteiger partial charge is 0.118 e. The highest BCUT2D eigenvalue weighted by atomic mass is 16.5. The van der Waals surface area contributed by atoms with E-state index in [4.69, 9.17) is 4.74 Å². The Bertz CT molecular complexity index is 821. The zero-order chi connectivity index (χ0) is 18.5. The first kappa shape index (κ1) is 17.4. The Kier molecular flexibility index (Phi) is 4.23. The quantitative estimate of drug-likeness (QED) is 0.699. The van der Waals surface area contributed by atoms with E-state index < -0.39 is 0 Å². The highest BCUT2D eigenvalue weighted by Gasteiger charge is 2.40. The Hall–Kier alpha value is -2.00. The van der Waals surface area contributed by atoms with Gasteiger partial charge in [0.1, 0.15) is 5.75 Å². The van der Waals surface area contributed by atoms with Crippen molar-refractivity contribution in [3.8, 4) is 5.75 Å². The number of hydrogen-bond donors (Lipinski definition) is 2. The van der Waals surface area contributed by atoms with Gasteiger partial charge in [-0.15, -0.1) is 0 Å². The summed E-state index contributed by atoms with van der Waals surface area (Å²) in [7, 11) is 0. The summed E-state index contributed by atoms with van der Waals surface area (Å²) in [6.45, 7) is 9.56. The number of aromatic hydroxyl groups is 1. The van der Waals surface area contributed by atoms with Crippen LogP contribution in [0.2, 0.25) is 0 Å². The Morgan fingerprint density at radius 1 is 1.12 bits per heavy atom. The van der Waals surface area contributed by atoms with Gasteiger partial charge in [-0.25, -0.2) is 0 Å². The molecule has 2 N–H and O–H groups in total. The molecule has 0 aromatic heterocycles. The Morgan fingerprint density at radius 2 is 1.92 bits per heavy atom. The molecule has 2 aliphatic heterocycles. The second-order valence-corrected chi connectivity index (χ2v) is 8.82. The zero-order valence-electron chi connectivity index (χ0n) is 16.2. The van der Waals surface area contributed by atoms with Crippen LogP contribution in [0.15, 0.2) is 36.4 Å². The van der Waals surface area contributed by atoms with Crippen molar-refractivity contribution >= 4 is 5.69 Å². The molecule has 0 amide bonds. The van der Waals surface area contributed by atoms with E-state index in [0.29, 0.717) is 11.7 Å². The molecule has 2 heterocycles. The third-order valence-electron chi connectivity index (χ3n) is 5.91. The minimum Gasteiger partial charge on any atom is -0.508 e. The van der Waals surface area contributed by atoms with Crippen molar-refractivity contribution in [1.29, 1.82) is 0 Å². The molecule has 26 heavy (non-hydrogen) atoms. The van der Waals surface area contributed by atoms with Crippen LogP contribution in [0.25, 0.3) is 0 Å². The number of benzene rings is 2. The standard InChI is InChI=1S/C23H29NO2/c1-14-12-15(7-10-20(14)25)21-17-6-5-11-26-22(17)18-13-16(23(2,3)4)8-9-19(18)24-21/h7-10,12-13,17,21-22,24-25H,5-6,11H2,1-4H3/t17-,21?,22-/m1/s1. The molecular weight excluding hydrogens is 322 g/mol. The van der Waals surface area contributed by atoms with Crippen LogP contribution < -0.4 is 5.32 Å². The summed E-state index contributed by atoms with van der Waals surface area (Å²) in [5, 5.41) is 13.7. The third kappa shape index (κ3) is 2.99. The fourth-order valence-corrected chi connectivity index (χ4v) is 4.34. The highest BCUT2D eigenvalue weighted by Crippen LogP contribution is 2.50. The van der Waals surface area contributed by atoms with Gasteiger partial charge in [0.25, 0.3) is 0 Å². The second-order valence-electron chi connectivity index (χ2n) is 8.82. The molecule has 1 saturated heterocycles. The summed E-state index contributed by atoms with van der Waals surface area (Å²) in [5.41, 5.74) is 6.11. The molecule has 0 saturated carbocycles. The van der Waals surface area contributed by atoms with Crippen LogP contribution in [0.3, 0.4) is 0 Å². The molecule has 0 aliphatic carbocycles. The molecule has 138 valence electrons. The molecular formula is C23H29NO2. The fourth-order valence-electron chi connectivity index (χ4n) is 4.34. The van der Waals surface area contributed by atoms with E-state index in [9.17, 15) is 5.11 Å². The number of phenolic OH excluding ortho intramolecular Hbond substituents is 1. The van der Waals surface area contributed by atoms with Crippen molar-refractivity contribution in [3.63, 3.8) is 0 Å². The van der Waals surface area contributed by atoms with Gasteiger partial charge in [-0.3, -0.25) is 0 Å². The average Bonchev–Trinajstić information content (AvgIpc) is 2.62. The van der Waals surface area contributed by atoms with E-state index >= 15 is 0 Å². The van der Waals surface area contributed by atoms with Crippen LogP contribution in [-0.4, -0.2) is 11.7 Å². The lowest BCUT2D eigenvalue weighted by molar-refractivity contribution is -0.0382. The van der Waals surface area contributed by atoms with Gasteiger partial charge >= 0.3 is 0 Å². The Balaban J connectivity index is 1.77. The van der Waals surface area contributed by atoms with Crippen LogP contribution in [0.1, 0.15) is 68.0 Å². The van der Waals surface area contributed by atoms with Gasteiger partial charge in [-0.1, -0.05) is 45.0 Å². The lowest BCUT2D eigenvalue weighted by atomic mass is 9.75. The lowest BCUT2D eigenvalue weighted by Gasteiger charge is -2.44. The second kappa shape index (κ2) is 6.31. The highest BCUT2D eigenvalue weighted by molar-refractivity contribution is 5.59. The molecule has 2 aliphatic rings. The minimum atomic E-state index is 0.129. The first-order valence-corrected chi connectivity index (χ1v) is 9.66. The van der Waals surface area contributed by atoms with Crippen molar-refractivity contribution in [1.82, 2.24) is 0 Å². The largest absolute Gasteiger partial charge is 0.508 e. The summed E-state index contributed by atoms with van der Waals surface area (Å²) >= 11 is 0. The van der Waals surface area contributed by atoms with Gasteiger partial charge < -0.3 is 15.2 Å². The third-order valence-corrected chi connectivity index (χ3v) is 5.91. The normalized spacial score (nSPS) is 25.2. The number of rotatable bonds is 1. The molecule has 2 aromatic carbocycles. The maximum absolute atomic E-state index is 9.89. The average molecular weight is 351 g/mol. The van der Waals surface area contributed by atoms with Crippen molar-refractivity contribution in [2.24, 2.45) is 5.92 Å². The van der Waals surface area contributed by atoms with E-state index in [-0.39, 0.29) is 17.6 Å². The summed E-state index contributed by atoms with van der Waals surface area (Å²) in [5.74, 6) is 0.770. The minimum absolute atomic E-state index is 0.129. The number of phenols is 1. The van der Waals surface area contributed by atoms with E-state index in [2.05, 4.69) is 50.4 Å². The van der Waals surface area contributed by atoms with Gasteiger partial charge in [-0.2, -0.15) is 0 Å². The monoisotopic (exact) mass is 351 g/mol. The first-order valence-electron chi connectivity index (χ1n) is 9.66. The van der Waals surface area contributed by atoms with E-state index in [1.54, 1.807) is 0 Å². The molecule has 4 rings (SSSR count). The number of anilines is 1. The Labute approximate surface area is 156 Å². The fraction of sp³-hybridized carbons (Fsp3) is 0.478. The van der Waals surface area contributed by atoms with E-state index in [1.165, 1.54) is 22.4 Å². The first-order chi connectivity index (χ1) is 12.3. The van der Waals surface area contributed by atoms with Gasteiger partial charge in [0.05, 0.1) is 12.1 Å². The van der Waals surface area contributed by atoms with Crippen molar-refractivity contribution in [3.05, 3.63) is 58.7 Å². The van der Waals surface area contributed by atoms with E-state index in [1.807, 2.05) is 19.1 Å². The van der Waals surface area contributed by atoms with Crippen molar-refractivity contribution in [2.75, 3.05) is 11.9 Å². The topological polar surface area (TPSA) is 41.5 Å². The van der Waals surface area contributed by atoms with Crippen molar-refractivity contribution < 1.29 is 9.84 Å². The van der Waals surface area contributed by atoms with Crippen LogP contribution in [-0.2, 0) is 10.2 Å². The summed E-state index contributed by atoms with van der Waals surface area (Å²) in [6, 6.07) is 13.0. The molecule has 3 nitrogen and oxygen atoms in total. The number of ether oxygens (including phenoxy) is 1. The lowest BCUT2D eigenvalue weighted by Crippen LogP contribution is -2.36. The van der Waals surface area contributed by atoms with Crippen LogP contribution in [0.4, 0.5) is 5.69 Å². The number of fused-ring (bicyclic) bond motifs is 3. The SMILES string of the molecule is Cc1cc(C2Nc3ccc(C(C)(C)C)cc3[C@@H]3OCCC[C@H]23)ccc1O. The number of aryl methyl sites for hydroxylation is 1. The van der Waals surface area contributed by atoms with Crippen molar-refractivity contribution in [2.45, 2.75) is 58.1 Å². The maximum atomic E-state index is 9.89. The van der Waals surface area contributed by atoms with Crippen LogP contribution in [0.5, 0.6) is 5.75 Å². The molecule has 3 atom stereocenters. The van der Waals surface area contributed by atoms with Crippen LogP contribution >= 0.6 is 0 Å². The van der Waals surface area contributed by atoms with Gasteiger partial charge in [-0.05, 0) is 54.0 Å². The molecule has 3 heteroatoms. The summed E-state index contributed by atoms with van der Waals surface area (Å²) < 4.78 is 6.29. The zero-order valence-corrected chi connectivity index (χ0v) is 16.2. The molecule has 0 spiro atoms. The van der Waals surface area contributed by atoms with Gasteiger partial charge in [0.2, 0.25) is 0 Å².